The summed E-state index contributed by atoms with van der Waals surface area (Å²) in [4.78, 5) is 39.3. The number of carboxylic acid groups (broad SMARTS) is 2. The van der Waals surface area contributed by atoms with Crippen molar-refractivity contribution in [1.29, 1.82) is 0 Å². The van der Waals surface area contributed by atoms with Crippen molar-refractivity contribution >= 4 is 40.1 Å². The maximum atomic E-state index is 12.1. The number of nitrogens with one attached hydrogen (secondary N) is 1. The summed E-state index contributed by atoms with van der Waals surface area (Å²) in [5, 5.41) is 26.1. The van der Waals surface area contributed by atoms with Gasteiger partial charge in [0.2, 0.25) is 0 Å². The number of rotatable bonds is 6. The Morgan fingerprint density at radius 1 is 1.00 bits per heavy atom. The van der Waals surface area contributed by atoms with Gasteiger partial charge >= 0.3 is 11.9 Å². The highest BCUT2D eigenvalue weighted by Crippen LogP contribution is 2.34. The Morgan fingerprint density at radius 3 is 2.21 bits per heavy atom. The fraction of sp³-hybridized carbons (Fsp3) is 0.0870. The van der Waals surface area contributed by atoms with Gasteiger partial charge in [0.05, 0.1) is 33.6 Å². The number of nitrogens with zero attached hydrogens (tertiary/aromatic N) is 2. The maximum absolute atomic E-state index is 12.1. The first kappa shape index (κ1) is 21.5. The Kier molecular flexibility index (Phi) is 5.26. The van der Waals surface area contributed by atoms with Crippen molar-refractivity contribution in [2.75, 3.05) is 5.32 Å². The van der Waals surface area contributed by atoms with Crippen LogP contribution in [-0.4, -0.2) is 38.2 Å². The number of primary amides is 1. The summed E-state index contributed by atoms with van der Waals surface area (Å²) in [5.41, 5.74) is 8.45. The molecule has 2 heterocycles. The predicted molar refractivity (Wildman–Crippen MR) is 119 cm³/mol. The van der Waals surface area contributed by atoms with E-state index < -0.39 is 17.8 Å². The average Bonchev–Trinajstić information content (AvgIpc) is 3.10. The monoisotopic (exact) mass is 446 g/mol. The highest BCUT2D eigenvalue weighted by molar-refractivity contribution is 6.08. The molecular formula is C23H18N4O6. The summed E-state index contributed by atoms with van der Waals surface area (Å²) in [7, 11) is 0. The minimum atomic E-state index is -1.29. The Balaban J connectivity index is 1.89. The van der Waals surface area contributed by atoms with E-state index in [9.17, 15) is 24.6 Å². The molecule has 166 valence electrons. The molecule has 33 heavy (non-hydrogen) atoms. The summed E-state index contributed by atoms with van der Waals surface area (Å²) in [6.07, 6.45) is 1.31. The van der Waals surface area contributed by atoms with Crippen LogP contribution < -0.4 is 11.1 Å². The minimum absolute atomic E-state index is 0.0604. The molecule has 4 aromatic rings. The molecule has 0 radical (unpaired) electrons. The molecule has 0 fully saturated rings. The van der Waals surface area contributed by atoms with Crippen LogP contribution in [0.2, 0.25) is 0 Å². The van der Waals surface area contributed by atoms with Crippen molar-refractivity contribution in [2.24, 2.45) is 5.73 Å². The zero-order valence-electron chi connectivity index (χ0n) is 17.5. The molecule has 10 heteroatoms. The largest absolute Gasteiger partial charge is 0.478 e. The van der Waals surface area contributed by atoms with E-state index in [4.69, 9.17) is 10.3 Å². The van der Waals surface area contributed by atoms with Gasteiger partial charge in [0.15, 0.2) is 0 Å². The first-order chi connectivity index (χ1) is 15.7. The van der Waals surface area contributed by atoms with Crippen molar-refractivity contribution in [3.8, 4) is 11.1 Å². The van der Waals surface area contributed by atoms with Crippen LogP contribution >= 0.6 is 0 Å². The summed E-state index contributed by atoms with van der Waals surface area (Å²) < 4.78 is 5.24. The number of carbonyl (C=O) groups excluding carboxylic acids is 1. The van der Waals surface area contributed by atoms with E-state index in [1.54, 1.807) is 19.1 Å². The molecule has 0 atom stereocenters. The number of amides is 1. The topological polar surface area (TPSA) is 169 Å². The third kappa shape index (κ3) is 3.97. The number of aromatic carboxylic acids is 2. The fourth-order valence-electron chi connectivity index (χ4n) is 3.66. The van der Waals surface area contributed by atoms with E-state index in [1.165, 1.54) is 18.3 Å². The van der Waals surface area contributed by atoms with Gasteiger partial charge in [-0.05, 0) is 43.7 Å². The van der Waals surface area contributed by atoms with Gasteiger partial charge in [0, 0.05) is 22.8 Å². The van der Waals surface area contributed by atoms with Gasteiger partial charge in [-0.15, -0.1) is 0 Å². The second kappa shape index (κ2) is 8.08. The van der Waals surface area contributed by atoms with Crippen LogP contribution in [0.4, 0.5) is 11.4 Å². The Labute approximate surface area is 186 Å². The van der Waals surface area contributed by atoms with E-state index in [-0.39, 0.29) is 28.1 Å². The zero-order chi connectivity index (χ0) is 23.9. The molecule has 2 aromatic carbocycles. The highest BCUT2D eigenvalue weighted by Gasteiger charge is 2.18. The van der Waals surface area contributed by atoms with Crippen molar-refractivity contribution in [3.63, 3.8) is 0 Å². The van der Waals surface area contributed by atoms with Crippen molar-refractivity contribution in [2.45, 2.75) is 13.8 Å². The SMILES string of the molecule is Cc1noc(C)c1-c1ccc2c(Nc3cc(C(=O)O)cc(C(=O)O)c3)c(C(N)=O)cnc2c1. The van der Waals surface area contributed by atoms with Crippen LogP contribution in [0.1, 0.15) is 42.5 Å². The molecule has 1 amide bonds. The number of carboxylic acids is 2. The number of benzene rings is 2. The van der Waals surface area contributed by atoms with Gasteiger partial charge in [-0.2, -0.15) is 0 Å². The molecule has 0 spiro atoms. The first-order valence-electron chi connectivity index (χ1n) is 9.70. The lowest BCUT2D eigenvalue weighted by atomic mass is 10.0. The third-order valence-electron chi connectivity index (χ3n) is 5.15. The number of aryl methyl sites for hydroxylation is 2. The summed E-state index contributed by atoms with van der Waals surface area (Å²) in [5.74, 6) is -2.69. The van der Waals surface area contributed by atoms with Crippen LogP contribution in [0.5, 0.6) is 0 Å². The molecule has 0 aliphatic heterocycles. The molecule has 10 nitrogen and oxygen atoms in total. The Hall–Kier alpha value is -4.73. The van der Waals surface area contributed by atoms with Crippen LogP contribution in [0, 0.1) is 13.8 Å². The Bertz CT molecular complexity index is 1410. The smallest absolute Gasteiger partial charge is 0.335 e. The van der Waals surface area contributed by atoms with Crippen molar-refractivity contribution in [1.82, 2.24) is 10.1 Å². The number of aromatic nitrogens is 2. The number of fused-ring (bicyclic) bond motifs is 1. The molecule has 5 N–H and O–H groups in total. The molecule has 2 aromatic heterocycles. The minimum Gasteiger partial charge on any atom is -0.478 e. The summed E-state index contributed by atoms with van der Waals surface area (Å²) >= 11 is 0. The second-order valence-electron chi connectivity index (χ2n) is 7.38. The number of hydrogen-bond donors (Lipinski definition) is 4. The average molecular weight is 446 g/mol. The van der Waals surface area contributed by atoms with Gasteiger partial charge in [0.25, 0.3) is 5.91 Å². The fourth-order valence-corrected chi connectivity index (χ4v) is 3.66. The zero-order valence-corrected chi connectivity index (χ0v) is 17.5. The molecule has 0 aliphatic rings. The lowest BCUT2D eigenvalue weighted by molar-refractivity contribution is 0.0696. The number of hydrogen-bond acceptors (Lipinski definition) is 7. The van der Waals surface area contributed by atoms with Crippen molar-refractivity contribution < 1.29 is 29.1 Å². The molecule has 4 rings (SSSR count). The predicted octanol–water partition coefficient (Wildman–Crippen LogP) is 3.75. The lowest BCUT2D eigenvalue weighted by Crippen LogP contribution is -2.14. The molecule has 0 saturated heterocycles. The van der Waals surface area contributed by atoms with Gasteiger partial charge in [0.1, 0.15) is 5.76 Å². The molecule has 0 unspecified atom stereocenters. The van der Waals surface area contributed by atoms with Crippen LogP contribution in [0.3, 0.4) is 0 Å². The van der Waals surface area contributed by atoms with E-state index in [1.807, 2.05) is 13.0 Å². The van der Waals surface area contributed by atoms with Gasteiger partial charge in [-0.25, -0.2) is 9.59 Å². The number of carbonyl (C=O) groups is 3. The van der Waals surface area contributed by atoms with Crippen molar-refractivity contribution in [3.05, 3.63) is 70.7 Å². The maximum Gasteiger partial charge on any atom is 0.335 e. The third-order valence-corrected chi connectivity index (χ3v) is 5.15. The van der Waals surface area contributed by atoms with Gasteiger partial charge in [-0.3, -0.25) is 9.78 Å². The summed E-state index contributed by atoms with van der Waals surface area (Å²) in [6.45, 7) is 3.62. The number of nitrogens with two attached hydrogens (primary N) is 1. The van der Waals surface area contributed by atoms with E-state index >= 15 is 0 Å². The standard InChI is InChI=1S/C23H18N4O6/c1-10-19(11(2)33-27-10)12-3-4-16-18(8-12)25-9-17(21(24)28)20(16)26-15-6-13(22(29)30)5-14(7-15)23(31)32/h3-9H,1-2H3,(H2,24,28)(H,25,26)(H,29,30)(H,31,32). The lowest BCUT2D eigenvalue weighted by Gasteiger charge is -2.15. The van der Waals surface area contributed by atoms with Crippen LogP contribution in [0.15, 0.2) is 47.1 Å². The van der Waals surface area contributed by atoms with E-state index in [0.29, 0.717) is 22.4 Å². The van der Waals surface area contributed by atoms with Gasteiger partial charge < -0.3 is 25.8 Å². The Morgan fingerprint density at radius 2 is 1.67 bits per heavy atom. The quantitative estimate of drug-likeness (QED) is 0.344. The summed E-state index contributed by atoms with van der Waals surface area (Å²) in [6, 6.07) is 8.92. The molecule has 0 bridgehead atoms. The number of anilines is 2. The first-order valence-corrected chi connectivity index (χ1v) is 9.70. The highest BCUT2D eigenvalue weighted by atomic mass is 16.5. The van der Waals surface area contributed by atoms with Crippen LogP contribution in [-0.2, 0) is 0 Å². The second-order valence-corrected chi connectivity index (χ2v) is 7.38. The molecule has 0 saturated carbocycles. The molecular weight excluding hydrogens is 428 g/mol. The van der Waals surface area contributed by atoms with Gasteiger partial charge in [-0.1, -0.05) is 17.3 Å². The van der Waals surface area contributed by atoms with E-state index in [0.717, 1.165) is 17.2 Å². The number of pyridine rings is 1. The normalized spacial score (nSPS) is 10.8. The van der Waals surface area contributed by atoms with Crippen LogP contribution in [0.25, 0.3) is 22.0 Å². The molecule has 0 aliphatic carbocycles. The van der Waals surface area contributed by atoms with E-state index in [2.05, 4.69) is 15.5 Å².